The topological polar surface area (TPSA) is 70.2 Å². The van der Waals surface area contributed by atoms with Gasteiger partial charge in [-0.1, -0.05) is 5.92 Å². The molecule has 14 heteroatoms. The number of carbonyl (C=O) groups excluding carboxylic acids is 3. The van der Waals surface area contributed by atoms with Gasteiger partial charge < -0.3 is 9.64 Å². The maximum Gasteiger partial charge on any atom is 0.420 e. The lowest BCUT2D eigenvalue weighted by atomic mass is 10.1. The second-order valence-corrected chi connectivity index (χ2v) is 7.98. The van der Waals surface area contributed by atoms with Crippen LogP contribution in [-0.2, 0) is 17.1 Å². The van der Waals surface area contributed by atoms with E-state index < -0.39 is 58.6 Å². The van der Waals surface area contributed by atoms with Crippen LogP contribution in [0.3, 0.4) is 0 Å². The summed E-state index contributed by atoms with van der Waals surface area (Å²) in [5.74, 6) is 2.06. The fourth-order valence-corrected chi connectivity index (χ4v) is 3.43. The molecule has 0 aromatic heterocycles. The van der Waals surface area contributed by atoms with Gasteiger partial charge in [0.05, 0.1) is 17.8 Å². The van der Waals surface area contributed by atoms with Crippen molar-refractivity contribution >= 4 is 29.3 Å². The molecule has 2 aromatic rings. The summed E-state index contributed by atoms with van der Waals surface area (Å²) < 4.78 is 101. The Bertz CT molecular complexity index is 1310. The van der Waals surface area contributed by atoms with E-state index >= 15 is 0 Å². The number of amides is 3. The predicted molar refractivity (Wildman–Crippen MR) is 120 cm³/mol. The van der Waals surface area contributed by atoms with Crippen molar-refractivity contribution in [1.29, 1.82) is 0 Å². The monoisotopic (exact) mass is 545 g/mol. The lowest BCUT2D eigenvalue weighted by Gasteiger charge is -2.25. The van der Waals surface area contributed by atoms with E-state index in [1.807, 2.05) is 0 Å². The third-order valence-corrected chi connectivity index (χ3v) is 5.30. The maximum absolute atomic E-state index is 13.9. The van der Waals surface area contributed by atoms with E-state index in [0.717, 1.165) is 43.1 Å². The standard InChI is InChI=1S/C24H18F7N3O4/c1-14(35)4-3-9-33-10-11-34(21(33)36)19-13-15(23(26,27)28)12-18(24(29,30)31)20(19)38-22(37)32(2)17-7-5-16(25)6-8-17/h5-8,12-13H,9-11H2,1-2H3. The van der Waals surface area contributed by atoms with Crippen molar-refractivity contribution in [2.24, 2.45) is 0 Å². The van der Waals surface area contributed by atoms with Crippen LogP contribution >= 0.6 is 0 Å². The summed E-state index contributed by atoms with van der Waals surface area (Å²) in [7, 11) is 1.09. The SMILES string of the molecule is CC(=O)C#CCN1CCN(c2cc(C(F)(F)F)cc(C(F)(F)F)c2OC(=O)N(C)c2ccc(F)cc2)C1=O. The first-order valence-electron chi connectivity index (χ1n) is 10.7. The molecule has 1 aliphatic rings. The first kappa shape index (κ1) is 28.3. The summed E-state index contributed by atoms with van der Waals surface area (Å²) in [6, 6.07) is 3.23. The molecule has 0 atom stereocenters. The number of benzene rings is 2. The molecular formula is C24H18F7N3O4. The van der Waals surface area contributed by atoms with Crippen molar-refractivity contribution in [2.45, 2.75) is 19.3 Å². The molecule has 3 rings (SSSR count). The molecule has 1 aliphatic heterocycles. The van der Waals surface area contributed by atoms with Crippen LogP contribution in [0.1, 0.15) is 18.1 Å². The van der Waals surface area contributed by atoms with Crippen molar-refractivity contribution in [2.75, 3.05) is 36.5 Å². The van der Waals surface area contributed by atoms with E-state index in [2.05, 4.69) is 11.8 Å². The van der Waals surface area contributed by atoms with Gasteiger partial charge in [0.25, 0.3) is 0 Å². The van der Waals surface area contributed by atoms with Gasteiger partial charge in [-0.05, 0) is 42.3 Å². The molecule has 0 spiro atoms. The molecule has 0 bridgehead atoms. The third kappa shape index (κ3) is 6.34. The molecule has 202 valence electrons. The van der Waals surface area contributed by atoms with E-state index in [9.17, 15) is 45.1 Å². The minimum Gasteiger partial charge on any atom is -0.407 e. The van der Waals surface area contributed by atoms with Crippen molar-refractivity contribution < 1.29 is 49.9 Å². The number of hydrogen-bond donors (Lipinski definition) is 0. The third-order valence-electron chi connectivity index (χ3n) is 5.30. The van der Waals surface area contributed by atoms with Crippen LogP contribution in [0.2, 0.25) is 0 Å². The molecule has 0 unspecified atom stereocenters. The average Bonchev–Trinajstić information content (AvgIpc) is 3.17. The van der Waals surface area contributed by atoms with Crippen molar-refractivity contribution in [3.8, 4) is 17.6 Å². The summed E-state index contributed by atoms with van der Waals surface area (Å²) in [5.41, 5.74) is -4.61. The molecule has 0 aliphatic carbocycles. The number of Topliss-reactive ketones (excluding diaryl/α,β-unsaturated/α-hetero) is 1. The van der Waals surface area contributed by atoms with E-state index in [1.54, 1.807) is 0 Å². The van der Waals surface area contributed by atoms with Crippen LogP contribution in [0, 0.1) is 17.7 Å². The molecule has 3 amide bonds. The molecule has 1 fully saturated rings. The number of anilines is 2. The highest BCUT2D eigenvalue weighted by molar-refractivity contribution is 5.98. The zero-order valence-corrected chi connectivity index (χ0v) is 19.7. The number of alkyl halides is 6. The summed E-state index contributed by atoms with van der Waals surface area (Å²) in [6.07, 6.45) is -12.1. The molecule has 0 saturated carbocycles. The number of hydrogen-bond acceptors (Lipinski definition) is 4. The average molecular weight is 545 g/mol. The molecule has 0 radical (unpaired) electrons. The van der Waals surface area contributed by atoms with Crippen LogP contribution in [0.15, 0.2) is 36.4 Å². The van der Waals surface area contributed by atoms with Gasteiger partial charge in [0, 0.05) is 32.7 Å². The van der Waals surface area contributed by atoms with Crippen LogP contribution in [0.5, 0.6) is 5.75 Å². The van der Waals surface area contributed by atoms with Crippen LogP contribution in [0.25, 0.3) is 0 Å². The summed E-state index contributed by atoms with van der Waals surface area (Å²) in [5, 5.41) is 0. The van der Waals surface area contributed by atoms with Gasteiger partial charge in [0.15, 0.2) is 5.75 Å². The number of ether oxygens (including phenoxy) is 1. The van der Waals surface area contributed by atoms with Gasteiger partial charge in [-0.15, -0.1) is 0 Å². The zero-order chi connectivity index (χ0) is 28.4. The highest BCUT2D eigenvalue weighted by atomic mass is 19.4. The second kappa shape index (κ2) is 10.6. The van der Waals surface area contributed by atoms with E-state index in [1.165, 1.54) is 0 Å². The number of rotatable bonds is 4. The Morgan fingerprint density at radius 2 is 1.66 bits per heavy atom. The Balaban J connectivity index is 2.10. The van der Waals surface area contributed by atoms with Gasteiger partial charge in [0.1, 0.15) is 11.4 Å². The largest absolute Gasteiger partial charge is 0.420 e. The lowest BCUT2D eigenvalue weighted by molar-refractivity contribution is -0.143. The summed E-state index contributed by atoms with van der Waals surface area (Å²) in [4.78, 5) is 38.9. The first-order valence-corrected chi connectivity index (χ1v) is 10.7. The molecule has 2 aromatic carbocycles. The Hall–Kier alpha value is -4.28. The number of urea groups is 1. The van der Waals surface area contributed by atoms with Crippen LogP contribution < -0.4 is 14.5 Å². The van der Waals surface area contributed by atoms with Crippen LogP contribution in [-0.4, -0.2) is 49.5 Å². The fraction of sp³-hybridized carbons (Fsp3) is 0.292. The van der Waals surface area contributed by atoms with Gasteiger partial charge in [0.2, 0.25) is 5.78 Å². The number of halogens is 7. The molecule has 7 nitrogen and oxygen atoms in total. The lowest BCUT2D eigenvalue weighted by Crippen LogP contribution is -2.34. The van der Waals surface area contributed by atoms with Crippen molar-refractivity contribution in [3.63, 3.8) is 0 Å². The maximum atomic E-state index is 13.9. The van der Waals surface area contributed by atoms with Gasteiger partial charge in [-0.2, -0.15) is 26.3 Å². The zero-order valence-electron chi connectivity index (χ0n) is 19.7. The summed E-state index contributed by atoms with van der Waals surface area (Å²) >= 11 is 0. The predicted octanol–water partition coefficient (Wildman–Crippen LogP) is 5.33. The molecule has 38 heavy (non-hydrogen) atoms. The van der Waals surface area contributed by atoms with Crippen molar-refractivity contribution in [3.05, 3.63) is 53.3 Å². The molecular weight excluding hydrogens is 527 g/mol. The van der Waals surface area contributed by atoms with Gasteiger partial charge in [-0.25, -0.2) is 14.0 Å². The Morgan fingerprint density at radius 3 is 2.21 bits per heavy atom. The summed E-state index contributed by atoms with van der Waals surface area (Å²) in [6.45, 7) is 0.335. The Morgan fingerprint density at radius 1 is 1.03 bits per heavy atom. The van der Waals surface area contributed by atoms with Gasteiger partial charge in [-0.3, -0.25) is 14.6 Å². The quantitative estimate of drug-likeness (QED) is 0.296. The van der Waals surface area contributed by atoms with E-state index in [0.29, 0.717) is 9.80 Å². The van der Waals surface area contributed by atoms with E-state index in [4.69, 9.17) is 4.74 Å². The minimum absolute atomic E-state index is 0.00545. The molecule has 0 N–H and O–H groups in total. The second-order valence-electron chi connectivity index (χ2n) is 7.98. The number of ketones is 1. The number of nitrogens with zero attached hydrogens (tertiary/aromatic N) is 3. The fourth-order valence-electron chi connectivity index (χ4n) is 3.43. The smallest absolute Gasteiger partial charge is 0.407 e. The Labute approximate surface area is 211 Å². The minimum atomic E-state index is -5.42. The highest BCUT2D eigenvalue weighted by Gasteiger charge is 2.44. The van der Waals surface area contributed by atoms with E-state index in [-0.39, 0.29) is 37.5 Å². The van der Waals surface area contributed by atoms with Crippen LogP contribution in [0.4, 0.5) is 51.7 Å². The molecule has 1 saturated heterocycles. The highest BCUT2D eigenvalue weighted by Crippen LogP contribution is 2.47. The first-order chi connectivity index (χ1) is 17.6. The number of carbonyl (C=O) groups is 3. The Kier molecular flexibility index (Phi) is 7.90. The van der Waals surface area contributed by atoms with Gasteiger partial charge >= 0.3 is 24.5 Å². The molecule has 1 heterocycles. The normalized spacial score (nSPS) is 13.8. The van der Waals surface area contributed by atoms with Crippen molar-refractivity contribution in [1.82, 2.24) is 4.90 Å².